The van der Waals surface area contributed by atoms with E-state index in [4.69, 9.17) is 4.52 Å². The monoisotopic (exact) mass is 434 g/mol. The predicted octanol–water partition coefficient (Wildman–Crippen LogP) is 3.96. The summed E-state index contributed by atoms with van der Waals surface area (Å²) in [6, 6.07) is 6.77. The molecule has 0 atom stereocenters. The molecule has 0 saturated heterocycles. The third-order valence-corrected chi connectivity index (χ3v) is 3.03. The standard InChI is InChI=1S/C13H12FN3O2.C4H8.C3H6FNO.C2H2/c1-8(14)6-11-16-12(17-19-11)9-4-3-5-10(7-9)13(18)15-2;1-3-4-2;4-1-2-5-3-6;1-2/h3-7H,1-2H3,(H,15,18);3-4H,1-2H3;3H,1-2H2,(H,5,6);1-2H/b8-6-;4-3-;;. The molecule has 1 aromatic carbocycles. The van der Waals surface area contributed by atoms with Gasteiger partial charge in [0.1, 0.15) is 12.5 Å². The van der Waals surface area contributed by atoms with Crippen molar-refractivity contribution < 1.29 is 22.9 Å². The quantitative estimate of drug-likeness (QED) is 0.310. The van der Waals surface area contributed by atoms with Crippen LogP contribution in [0.1, 0.15) is 37.0 Å². The van der Waals surface area contributed by atoms with E-state index < -0.39 is 12.5 Å². The topological polar surface area (TPSA) is 97.1 Å². The van der Waals surface area contributed by atoms with Gasteiger partial charge in [-0.3, -0.25) is 9.59 Å². The maximum atomic E-state index is 12.7. The number of nitrogens with zero attached hydrogens (tertiary/aromatic N) is 2. The van der Waals surface area contributed by atoms with Gasteiger partial charge >= 0.3 is 0 Å². The van der Waals surface area contributed by atoms with Crippen molar-refractivity contribution in [3.63, 3.8) is 0 Å². The van der Waals surface area contributed by atoms with E-state index in [-0.39, 0.29) is 18.3 Å². The van der Waals surface area contributed by atoms with Crippen molar-refractivity contribution in [2.45, 2.75) is 20.8 Å². The maximum Gasteiger partial charge on any atom is 0.253 e. The number of amides is 2. The Morgan fingerprint density at radius 1 is 1.26 bits per heavy atom. The summed E-state index contributed by atoms with van der Waals surface area (Å²) in [5, 5.41) is 8.41. The van der Waals surface area contributed by atoms with Crippen molar-refractivity contribution >= 4 is 18.4 Å². The molecule has 0 bridgehead atoms. The number of nitrogens with one attached hydrogen (secondary N) is 2. The van der Waals surface area contributed by atoms with E-state index in [1.807, 2.05) is 26.0 Å². The largest absolute Gasteiger partial charge is 0.356 e. The predicted molar refractivity (Wildman–Crippen MR) is 118 cm³/mol. The first-order chi connectivity index (χ1) is 14.9. The molecule has 2 aromatic rings. The van der Waals surface area contributed by atoms with Crippen molar-refractivity contribution in [1.82, 2.24) is 20.8 Å². The van der Waals surface area contributed by atoms with E-state index in [0.29, 0.717) is 23.4 Å². The van der Waals surface area contributed by atoms with Crippen LogP contribution in [-0.2, 0) is 4.79 Å². The van der Waals surface area contributed by atoms with Crippen LogP contribution in [0.3, 0.4) is 0 Å². The Kier molecular flexibility index (Phi) is 18.5. The molecule has 1 aromatic heterocycles. The van der Waals surface area contributed by atoms with Gasteiger partial charge in [0.25, 0.3) is 11.8 Å². The van der Waals surface area contributed by atoms with E-state index in [9.17, 15) is 18.4 Å². The lowest BCUT2D eigenvalue weighted by atomic mass is 10.1. The van der Waals surface area contributed by atoms with Gasteiger partial charge in [-0.25, -0.2) is 8.78 Å². The van der Waals surface area contributed by atoms with Crippen molar-refractivity contribution in [2.75, 3.05) is 20.3 Å². The number of halogens is 2. The highest BCUT2D eigenvalue weighted by molar-refractivity contribution is 5.95. The normalized spacial score (nSPS) is 9.74. The number of hydrogen-bond donors (Lipinski definition) is 2. The number of aromatic nitrogens is 2. The summed E-state index contributed by atoms with van der Waals surface area (Å²) in [6.45, 7) is 4.93. The summed E-state index contributed by atoms with van der Waals surface area (Å²) in [5.74, 6) is -0.238. The summed E-state index contributed by atoms with van der Waals surface area (Å²) in [6.07, 6.45) is 13.6. The Hall–Kier alpha value is -3.80. The van der Waals surface area contributed by atoms with Gasteiger partial charge in [-0.1, -0.05) is 29.4 Å². The number of alkyl halides is 1. The molecule has 0 saturated carbocycles. The van der Waals surface area contributed by atoms with E-state index in [0.717, 1.165) is 6.08 Å². The van der Waals surface area contributed by atoms with Crippen molar-refractivity contribution in [2.24, 2.45) is 0 Å². The molecule has 2 N–H and O–H groups in total. The van der Waals surface area contributed by atoms with Crippen LogP contribution in [0.25, 0.3) is 17.5 Å². The molecule has 0 aliphatic rings. The average Bonchev–Trinajstić information content (AvgIpc) is 3.27. The zero-order valence-electron chi connectivity index (χ0n) is 18.1. The zero-order valence-corrected chi connectivity index (χ0v) is 18.1. The molecule has 0 fully saturated rings. The lowest BCUT2D eigenvalue weighted by Crippen LogP contribution is -2.17. The molecule has 0 aliphatic heterocycles. The Morgan fingerprint density at radius 3 is 2.35 bits per heavy atom. The molecular weight excluding hydrogens is 406 g/mol. The zero-order chi connectivity index (χ0) is 24.1. The highest BCUT2D eigenvalue weighted by Crippen LogP contribution is 2.18. The minimum atomic E-state index is -0.487. The van der Waals surface area contributed by atoms with Gasteiger partial charge in [0.15, 0.2) is 0 Å². The Morgan fingerprint density at radius 2 is 1.90 bits per heavy atom. The smallest absolute Gasteiger partial charge is 0.253 e. The average molecular weight is 434 g/mol. The van der Waals surface area contributed by atoms with Crippen LogP contribution in [0.2, 0.25) is 0 Å². The van der Waals surface area contributed by atoms with Gasteiger partial charge in [0.2, 0.25) is 12.2 Å². The van der Waals surface area contributed by atoms with Gasteiger partial charge in [-0.15, -0.1) is 12.8 Å². The molecular formula is C22H28F2N4O3. The highest BCUT2D eigenvalue weighted by Gasteiger charge is 2.10. The minimum absolute atomic E-state index is 0.0837. The van der Waals surface area contributed by atoms with Crippen LogP contribution in [-0.4, -0.2) is 42.7 Å². The number of carbonyl (C=O) groups is 2. The number of carbonyl (C=O) groups excluding carboxylic acids is 2. The first-order valence-corrected chi connectivity index (χ1v) is 9.07. The van der Waals surface area contributed by atoms with Crippen LogP contribution in [0.4, 0.5) is 8.78 Å². The van der Waals surface area contributed by atoms with Crippen LogP contribution >= 0.6 is 0 Å². The summed E-state index contributed by atoms with van der Waals surface area (Å²) in [7, 11) is 1.55. The lowest BCUT2D eigenvalue weighted by Gasteiger charge is -2.00. The summed E-state index contributed by atoms with van der Waals surface area (Å²) < 4.78 is 28.5. The molecule has 1 heterocycles. The third-order valence-electron chi connectivity index (χ3n) is 3.03. The molecule has 0 unspecified atom stereocenters. The number of allylic oxidation sites excluding steroid dienone is 3. The van der Waals surface area contributed by atoms with E-state index >= 15 is 0 Å². The summed E-state index contributed by atoms with van der Waals surface area (Å²) in [5.41, 5.74) is 1.12. The molecule has 9 heteroatoms. The van der Waals surface area contributed by atoms with E-state index in [2.05, 4.69) is 33.6 Å². The molecule has 0 radical (unpaired) electrons. The van der Waals surface area contributed by atoms with Crippen LogP contribution in [0, 0.1) is 12.8 Å². The second-order valence-corrected chi connectivity index (χ2v) is 5.27. The Balaban J connectivity index is 0. The second-order valence-electron chi connectivity index (χ2n) is 5.27. The van der Waals surface area contributed by atoms with Gasteiger partial charge in [0, 0.05) is 30.8 Å². The van der Waals surface area contributed by atoms with Gasteiger partial charge < -0.3 is 15.2 Å². The van der Waals surface area contributed by atoms with Crippen molar-refractivity contribution in [3.05, 3.63) is 53.7 Å². The number of hydrogen-bond acceptors (Lipinski definition) is 5. The molecule has 0 aliphatic carbocycles. The fourth-order valence-corrected chi connectivity index (χ4v) is 1.64. The fourth-order valence-electron chi connectivity index (χ4n) is 1.64. The molecule has 0 spiro atoms. The van der Waals surface area contributed by atoms with E-state index in [1.54, 1.807) is 31.3 Å². The third kappa shape index (κ3) is 13.9. The van der Waals surface area contributed by atoms with Crippen LogP contribution in [0.15, 0.2) is 46.8 Å². The van der Waals surface area contributed by atoms with Gasteiger partial charge in [0.05, 0.1) is 0 Å². The highest BCUT2D eigenvalue weighted by atomic mass is 19.1. The lowest BCUT2D eigenvalue weighted by molar-refractivity contribution is -0.109. The van der Waals surface area contributed by atoms with Gasteiger partial charge in [-0.05, 0) is 32.9 Å². The second kappa shape index (κ2) is 19.5. The summed E-state index contributed by atoms with van der Waals surface area (Å²) in [4.78, 5) is 24.8. The number of rotatable bonds is 6. The maximum absolute atomic E-state index is 12.7. The van der Waals surface area contributed by atoms with Gasteiger partial charge in [-0.2, -0.15) is 4.98 Å². The van der Waals surface area contributed by atoms with Crippen LogP contribution in [0.5, 0.6) is 0 Å². The molecule has 2 rings (SSSR count). The van der Waals surface area contributed by atoms with Crippen molar-refractivity contribution in [1.29, 1.82) is 0 Å². The minimum Gasteiger partial charge on any atom is -0.356 e. The first-order valence-electron chi connectivity index (χ1n) is 9.07. The molecule has 168 valence electrons. The fraction of sp³-hybridized carbons (Fsp3) is 0.273. The number of terminal acetylenes is 1. The first kappa shape index (κ1) is 29.4. The molecule has 2 amide bonds. The van der Waals surface area contributed by atoms with Crippen molar-refractivity contribution in [3.8, 4) is 24.2 Å². The van der Waals surface area contributed by atoms with Crippen LogP contribution < -0.4 is 10.6 Å². The Bertz CT molecular complexity index is 838. The SMILES string of the molecule is C#C.C/C=C\C.CNC(=O)c1cccc(-c2noc(/C=C(/C)F)n2)c1.O=CNCCF. The summed E-state index contributed by atoms with van der Waals surface area (Å²) >= 11 is 0. The molecule has 31 heavy (non-hydrogen) atoms. The molecule has 7 nitrogen and oxygen atoms in total. The van der Waals surface area contributed by atoms with E-state index in [1.165, 1.54) is 6.92 Å². The Labute approximate surface area is 181 Å². The number of benzene rings is 1.